The fourth-order valence-corrected chi connectivity index (χ4v) is 2.22. The molecular formula is C15H18FNO3. The van der Waals surface area contributed by atoms with Gasteiger partial charge in [-0.1, -0.05) is 12.1 Å². The molecule has 0 bridgehead atoms. The number of nitrogens with zero attached hydrogens (tertiary/aromatic N) is 1. The Morgan fingerprint density at radius 1 is 1.45 bits per heavy atom. The van der Waals surface area contributed by atoms with Gasteiger partial charge in [0.2, 0.25) is 0 Å². The SMILES string of the molecule is CCN(CCCO)C(=O)c1oc2c(F)cccc2c1C. The predicted octanol–water partition coefficient (Wildman–Crippen LogP) is 2.72. The minimum Gasteiger partial charge on any atom is -0.448 e. The molecule has 1 aromatic heterocycles. The summed E-state index contributed by atoms with van der Waals surface area (Å²) in [6.07, 6.45) is 0.507. The summed E-state index contributed by atoms with van der Waals surface area (Å²) in [5.74, 6) is -0.568. The highest BCUT2D eigenvalue weighted by atomic mass is 19.1. The summed E-state index contributed by atoms with van der Waals surface area (Å²) in [6, 6.07) is 4.64. The number of benzene rings is 1. The molecule has 0 radical (unpaired) electrons. The second kappa shape index (κ2) is 6.05. The second-order valence-electron chi connectivity index (χ2n) is 4.63. The Balaban J connectivity index is 2.39. The van der Waals surface area contributed by atoms with Crippen molar-refractivity contribution in [3.8, 4) is 0 Å². The van der Waals surface area contributed by atoms with Crippen LogP contribution in [0.15, 0.2) is 22.6 Å². The summed E-state index contributed by atoms with van der Waals surface area (Å²) in [6.45, 7) is 4.59. The third-order valence-electron chi connectivity index (χ3n) is 3.37. The van der Waals surface area contributed by atoms with E-state index in [1.54, 1.807) is 24.0 Å². The average Bonchev–Trinajstić information content (AvgIpc) is 2.78. The molecule has 4 nitrogen and oxygen atoms in total. The van der Waals surface area contributed by atoms with Crippen LogP contribution >= 0.6 is 0 Å². The summed E-state index contributed by atoms with van der Waals surface area (Å²) < 4.78 is 19.1. The van der Waals surface area contributed by atoms with Crippen LogP contribution in [-0.4, -0.2) is 35.6 Å². The standard InChI is InChI=1S/C15H18FNO3/c1-3-17(8-5-9-18)15(19)13-10(2)11-6-4-7-12(16)14(11)20-13/h4,6-7,18H,3,5,8-9H2,1-2H3. The van der Waals surface area contributed by atoms with Crippen LogP contribution in [0, 0.1) is 12.7 Å². The second-order valence-corrected chi connectivity index (χ2v) is 4.63. The molecule has 0 aliphatic carbocycles. The quantitative estimate of drug-likeness (QED) is 0.915. The van der Waals surface area contributed by atoms with Gasteiger partial charge in [0.25, 0.3) is 5.91 Å². The van der Waals surface area contributed by atoms with E-state index in [0.717, 1.165) is 0 Å². The number of amides is 1. The number of hydrogen-bond acceptors (Lipinski definition) is 3. The van der Waals surface area contributed by atoms with Gasteiger partial charge in [0.15, 0.2) is 17.2 Å². The summed E-state index contributed by atoms with van der Waals surface area (Å²) in [4.78, 5) is 14.0. The molecule has 1 heterocycles. The zero-order valence-electron chi connectivity index (χ0n) is 11.6. The van der Waals surface area contributed by atoms with E-state index < -0.39 is 5.82 Å². The van der Waals surface area contributed by atoms with E-state index >= 15 is 0 Å². The number of fused-ring (bicyclic) bond motifs is 1. The topological polar surface area (TPSA) is 53.7 Å². The normalized spacial score (nSPS) is 11.0. The van der Waals surface area contributed by atoms with Crippen molar-refractivity contribution in [2.45, 2.75) is 20.3 Å². The molecule has 0 aliphatic heterocycles. The average molecular weight is 279 g/mol. The van der Waals surface area contributed by atoms with Crippen LogP contribution in [0.4, 0.5) is 4.39 Å². The fourth-order valence-electron chi connectivity index (χ4n) is 2.22. The lowest BCUT2D eigenvalue weighted by molar-refractivity contribution is 0.0723. The zero-order chi connectivity index (χ0) is 14.7. The molecule has 0 fully saturated rings. The number of furan rings is 1. The third kappa shape index (κ3) is 2.54. The zero-order valence-corrected chi connectivity index (χ0v) is 11.6. The van der Waals surface area contributed by atoms with Crippen molar-refractivity contribution >= 4 is 16.9 Å². The van der Waals surface area contributed by atoms with Gasteiger partial charge in [-0.25, -0.2) is 4.39 Å². The smallest absolute Gasteiger partial charge is 0.289 e. The van der Waals surface area contributed by atoms with Gasteiger partial charge in [-0.3, -0.25) is 4.79 Å². The minimum atomic E-state index is -0.469. The van der Waals surface area contributed by atoms with E-state index in [2.05, 4.69) is 0 Å². The van der Waals surface area contributed by atoms with Gasteiger partial charge in [0, 0.05) is 30.6 Å². The van der Waals surface area contributed by atoms with E-state index in [1.165, 1.54) is 6.07 Å². The maximum atomic E-state index is 13.7. The van der Waals surface area contributed by atoms with Crippen LogP contribution in [0.1, 0.15) is 29.5 Å². The van der Waals surface area contributed by atoms with Crippen molar-refractivity contribution in [1.82, 2.24) is 4.90 Å². The Labute approximate surface area is 116 Å². The molecule has 20 heavy (non-hydrogen) atoms. The number of para-hydroxylation sites is 1. The molecule has 0 spiro atoms. The van der Waals surface area contributed by atoms with Crippen LogP contribution < -0.4 is 0 Å². The molecule has 108 valence electrons. The van der Waals surface area contributed by atoms with Crippen molar-refractivity contribution in [2.24, 2.45) is 0 Å². The monoisotopic (exact) mass is 279 g/mol. The maximum Gasteiger partial charge on any atom is 0.289 e. The summed E-state index contributed by atoms with van der Waals surface area (Å²) in [7, 11) is 0. The molecule has 2 aromatic rings. The summed E-state index contributed by atoms with van der Waals surface area (Å²) in [5, 5.41) is 9.47. The van der Waals surface area contributed by atoms with Crippen LogP contribution in [-0.2, 0) is 0 Å². The first-order valence-corrected chi connectivity index (χ1v) is 6.67. The maximum absolute atomic E-state index is 13.7. The highest BCUT2D eigenvalue weighted by Gasteiger charge is 2.23. The number of carbonyl (C=O) groups excluding carboxylic acids is 1. The van der Waals surface area contributed by atoms with Gasteiger partial charge in [0.1, 0.15) is 0 Å². The van der Waals surface area contributed by atoms with Crippen LogP contribution in [0.3, 0.4) is 0 Å². The molecular weight excluding hydrogens is 261 g/mol. The van der Waals surface area contributed by atoms with Gasteiger partial charge >= 0.3 is 0 Å². The van der Waals surface area contributed by atoms with Crippen LogP contribution in [0.2, 0.25) is 0 Å². The van der Waals surface area contributed by atoms with E-state index in [0.29, 0.717) is 30.5 Å². The van der Waals surface area contributed by atoms with Crippen molar-refractivity contribution in [3.63, 3.8) is 0 Å². The van der Waals surface area contributed by atoms with Crippen LogP contribution in [0.25, 0.3) is 11.0 Å². The van der Waals surface area contributed by atoms with E-state index in [9.17, 15) is 9.18 Å². The highest BCUT2D eigenvalue weighted by molar-refractivity contribution is 5.99. The molecule has 0 unspecified atom stereocenters. The molecule has 0 aliphatic rings. The van der Waals surface area contributed by atoms with Gasteiger partial charge in [0.05, 0.1) is 0 Å². The van der Waals surface area contributed by atoms with E-state index in [-0.39, 0.29) is 23.9 Å². The molecule has 0 atom stereocenters. The Morgan fingerprint density at radius 2 is 2.20 bits per heavy atom. The van der Waals surface area contributed by atoms with Gasteiger partial charge in [-0.15, -0.1) is 0 Å². The van der Waals surface area contributed by atoms with E-state index in [1.807, 2.05) is 6.92 Å². The molecule has 1 aromatic carbocycles. The third-order valence-corrected chi connectivity index (χ3v) is 3.37. The number of hydrogen-bond donors (Lipinski definition) is 1. The Kier molecular flexibility index (Phi) is 4.39. The lowest BCUT2D eigenvalue weighted by atomic mass is 10.1. The predicted molar refractivity (Wildman–Crippen MR) is 74.2 cm³/mol. The lowest BCUT2D eigenvalue weighted by Crippen LogP contribution is -2.32. The molecule has 1 amide bonds. The number of halogens is 1. The van der Waals surface area contributed by atoms with Crippen molar-refractivity contribution in [3.05, 3.63) is 35.3 Å². The number of aliphatic hydroxyl groups is 1. The first-order chi connectivity index (χ1) is 9.60. The first kappa shape index (κ1) is 14.5. The molecule has 5 heteroatoms. The van der Waals surface area contributed by atoms with Crippen molar-refractivity contribution < 1.29 is 18.7 Å². The van der Waals surface area contributed by atoms with Gasteiger partial charge in [-0.05, 0) is 26.3 Å². The minimum absolute atomic E-state index is 0.0253. The van der Waals surface area contributed by atoms with Crippen LogP contribution in [0.5, 0.6) is 0 Å². The molecule has 1 N–H and O–H groups in total. The Morgan fingerprint density at radius 3 is 2.80 bits per heavy atom. The molecule has 2 rings (SSSR count). The summed E-state index contributed by atoms with van der Waals surface area (Å²) >= 11 is 0. The Hall–Kier alpha value is -1.88. The van der Waals surface area contributed by atoms with Gasteiger partial charge < -0.3 is 14.4 Å². The number of carbonyl (C=O) groups is 1. The summed E-state index contributed by atoms with van der Waals surface area (Å²) in [5.41, 5.74) is 0.763. The van der Waals surface area contributed by atoms with Gasteiger partial charge in [-0.2, -0.15) is 0 Å². The Bertz CT molecular complexity index is 621. The first-order valence-electron chi connectivity index (χ1n) is 6.67. The highest BCUT2D eigenvalue weighted by Crippen LogP contribution is 2.28. The van der Waals surface area contributed by atoms with Crippen molar-refractivity contribution in [1.29, 1.82) is 0 Å². The number of aryl methyl sites for hydroxylation is 1. The van der Waals surface area contributed by atoms with E-state index in [4.69, 9.17) is 9.52 Å². The lowest BCUT2D eigenvalue weighted by Gasteiger charge is -2.19. The largest absolute Gasteiger partial charge is 0.448 e. The fraction of sp³-hybridized carbons (Fsp3) is 0.400. The molecule has 0 saturated carbocycles. The number of rotatable bonds is 5. The molecule has 0 saturated heterocycles. The number of aliphatic hydroxyl groups excluding tert-OH is 1. The van der Waals surface area contributed by atoms with Crippen molar-refractivity contribution in [2.75, 3.05) is 19.7 Å².